The number of nitrogens with zero attached hydrogens (tertiary/aromatic N) is 4. The highest BCUT2D eigenvalue weighted by Gasteiger charge is 2.28. The van der Waals surface area contributed by atoms with Gasteiger partial charge in [-0.1, -0.05) is 32.0 Å². The molecule has 1 aliphatic heterocycles. The predicted molar refractivity (Wildman–Crippen MR) is 138 cm³/mol. The standard InChI is InChI=1S/C28H31N5O3/c1-17-12-18(2)15-31(14-17)27(34)22-13-23-26(30-25-19(3)6-5-11-32(25)28(23)35)33(24(22)29)16-20-7-9-21(36-4)10-8-20/h5-11,13,17-18,29H,12,14-16H2,1-4H3. The van der Waals surface area contributed by atoms with E-state index in [4.69, 9.17) is 15.1 Å². The van der Waals surface area contributed by atoms with E-state index in [0.29, 0.717) is 48.2 Å². The summed E-state index contributed by atoms with van der Waals surface area (Å²) in [6, 6.07) is 12.8. The van der Waals surface area contributed by atoms with Crippen molar-refractivity contribution in [3.8, 4) is 5.75 Å². The Bertz CT molecular complexity index is 1580. The lowest BCUT2D eigenvalue weighted by Gasteiger charge is -2.35. The molecule has 1 saturated heterocycles. The van der Waals surface area contributed by atoms with Gasteiger partial charge in [0.05, 0.1) is 24.6 Å². The van der Waals surface area contributed by atoms with Gasteiger partial charge in [-0.25, -0.2) is 4.98 Å². The van der Waals surface area contributed by atoms with Crippen molar-refractivity contribution in [2.24, 2.45) is 11.8 Å². The monoisotopic (exact) mass is 485 g/mol. The van der Waals surface area contributed by atoms with Crippen molar-refractivity contribution in [3.05, 3.63) is 81.2 Å². The summed E-state index contributed by atoms with van der Waals surface area (Å²) >= 11 is 0. The number of aryl methyl sites for hydroxylation is 1. The number of benzene rings is 1. The Morgan fingerprint density at radius 2 is 1.81 bits per heavy atom. The van der Waals surface area contributed by atoms with Gasteiger partial charge >= 0.3 is 0 Å². The summed E-state index contributed by atoms with van der Waals surface area (Å²) < 4.78 is 8.46. The van der Waals surface area contributed by atoms with E-state index < -0.39 is 0 Å². The molecule has 0 radical (unpaired) electrons. The molecular formula is C28H31N5O3. The van der Waals surface area contributed by atoms with Crippen molar-refractivity contribution in [2.75, 3.05) is 20.2 Å². The number of hydrogen-bond donors (Lipinski definition) is 1. The molecule has 186 valence electrons. The molecule has 0 bridgehead atoms. The average Bonchev–Trinajstić information content (AvgIpc) is 2.86. The van der Waals surface area contributed by atoms with Crippen LogP contribution in [0.25, 0.3) is 16.7 Å². The minimum absolute atomic E-state index is 0.0547. The van der Waals surface area contributed by atoms with Gasteiger partial charge in [-0.2, -0.15) is 0 Å². The normalized spacial score (nSPS) is 18.1. The topological polar surface area (TPSA) is 92.7 Å². The number of aromatic nitrogens is 3. The zero-order chi connectivity index (χ0) is 25.6. The zero-order valence-electron chi connectivity index (χ0n) is 21.1. The van der Waals surface area contributed by atoms with E-state index >= 15 is 0 Å². The number of hydrogen-bond acceptors (Lipinski definition) is 5. The summed E-state index contributed by atoms with van der Waals surface area (Å²) in [6.07, 6.45) is 2.76. The van der Waals surface area contributed by atoms with Crippen LogP contribution in [0.15, 0.2) is 53.5 Å². The highest BCUT2D eigenvalue weighted by atomic mass is 16.5. The first-order valence-electron chi connectivity index (χ1n) is 12.3. The van der Waals surface area contributed by atoms with Gasteiger partial charge in [0.1, 0.15) is 22.5 Å². The van der Waals surface area contributed by atoms with Crippen molar-refractivity contribution in [3.63, 3.8) is 0 Å². The number of rotatable bonds is 4. The second-order valence-corrected chi connectivity index (χ2v) is 10.0. The highest BCUT2D eigenvalue weighted by molar-refractivity contribution is 5.97. The number of ether oxygens (including phenoxy) is 1. The van der Waals surface area contributed by atoms with Gasteiger partial charge in [0.15, 0.2) is 0 Å². The number of nitrogens with one attached hydrogen (secondary N) is 1. The van der Waals surface area contributed by atoms with Crippen LogP contribution in [-0.4, -0.2) is 45.0 Å². The molecule has 0 saturated carbocycles. The molecule has 0 aliphatic carbocycles. The second-order valence-electron chi connectivity index (χ2n) is 10.0. The van der Waals surface area contributed by atoms with Gasteiger partial charge in [-0.15, -0.1) is 0 Å². The third-order valence-electron chi connectivity index (χ3n) is 7.02. The Labute approximate surface area is 209 Å². The van der Waals surface area contributed by atoms with Crippen molar-refractivity contribution >= 4 is 22.6 Å². The van der Waals surface area contributed by atoms with Crippen molar-refractivity contribution < 1.29 is 9.53 Å². The van der Waals surface area contributed by atoms with Crippen LogP contribution in [-0.2, 0) is 6.54 Å². The van der Waals surface area contributed by atoms with Crippen LogP contribution >= 0.6 is 0 Å². The predicted octanol–water partition coefficient (Wildman–Crippen LogP) is 3.61. The molecule has 1 aromatic carbocycles. The third-order valence-corrected chi connectivity index (χ3v) is 7.02. The molecule has 2 unspecified atom stereocenters. The van der Waals surface area contributed by atoms with Gasteiger partial charge in [0, 0.05) is 19.3 Å². The molecule has 2 atom stereocenters. The maximum absolute atomic E-state index is 13.7. The minimum Gasteiger partial charge on any atom is -0.497 e. The molecule has 1 aliphatic rings. The quantitative estimate of drug-likeness (QED) is 0.447. The first-order valence-corrected chi connectivity index (χ1v) is 12.3. The lowest BCUT2D eigenvalue weighted by molar-refractivity contribution is 0.0620. The van der Waals surface area contributed by atoms with Crippen molar-refractivity contribution in [2.45, 2.75) is 33.7 Å². The lowest BCUT2D eigenvalue weighted by Crippen LogP contribution is -2.45. The lowest BCUT2D eigenvalue weighted by atomic mass is 9.91. The van der Waals surface area contributed by atoms with Gasteiger partial charge in [0.25, 0.3) is 11.5 Å². The maximum Gasteiger partial charge on any atom is 0.267 e. The number of piperidine rings is 1. The summed E-state index contributed by atoms with van der Waals surface area (Å²) in [5.41, 5.74) is 2.73. The summed E-state index contributed by atoms with van der Waals surface area (Å²) in [6.45, 7) is 7.78. The van der Waals surface area contributed by atoms with Crippen LogP contribution in [0, 0.1) is 24.2 Å². The summed E-state index contributed by atoms with van der Waals surface area (Å²) in [7, 11) is 1.61. The van der Waals surface area contributed by atoms with Crippen molar-refractivity contribution in [1.82, 2.24) is 18.9 Å². The van der Waals surface area contributed by atoms with Gasteiger partial charge in [0.2, 0.25) is 0 Å². The molecule has 1 N–H and O–H groups in total. The Morgan fingerprint density at radius 1 is 1.11 bits per heavy atom. The van der Waals surface area contributed by atoms with E-state index in [2.05, 4.69) is 13.8 Å². The molecule has 3 aromatic heterocycles. The number of pyridine rings is 2. The van der Waals surface area contributed by atoms with Crippen LogP contribution in [0.3, 0.4) is 0 Å². The van der Waals surface area contributed by atoms with Crippen LogP contribution in [0.4, 0.5) is 0 Å². The smallest absolute Gasteiger partial charge is 0.267 e. The summed E-state index contributed by atoms with van der Waals surface area (Å²) in [5.74, 6) is 1.29. The first kappa shape index (κ1) is 23.8. The van der Waals surface area contributed by atoms with Gasteiger partial charge in [-0.3, -0.25) is 19.4 Å². The van der Waals surface area contributed by atoms with Crippen LogP contribution in [0.5, 0.6) is 5.75 Å². The van der Waals surface area contributed by atoms with Crippen molar-refractivity contribution in [1.29, 1.82) is 5.41 Å². The van der Waals surface area contributed by atoms with Gasteiger partial charge in [-0.05, 0) is 60.6 Å². The number of fused-ring (bicyclic) bond motifs is 2. The Balaban J connectivity index is 1.74. The van der Waals surface area contributed by atoms with Crippen LogP contribution < -0.4 is 15.8 Å². The SMILES string of the molecule is COc1ccc(Cn2c(=N)c(C(=O)N3CC(C)CC(C)C3)cc3c(=O)n4cccc(C)c4nc32)cc1. The molecule has 36 heavy (non-hydrogen) atoms. The molecule has 1 amide bonds. The molecule has 0 spiro atoms. The second kappa shape index (κ2) is 9.26. The number of methoxy groups -OCH3 is 1. The minimum atomic E-state index is -0.253. The van der Waals surface area contributed by atoms with E-state index in [0.717, 1.165) is 23.3 Å². The van der Waals surface area contributed by atoms with Gasteiger partial charge < -0.3 is 14.2 Å². The van der Waals surface area contributed by atoms with E-state index in [1.165, 1.54) is 4.40 Å². The molecule has 5 rings (SSSR count). The zero-order valence-corrected chi connectivity index (χ0v) is 21.1. The number of carbonyl (C=O) groups excluding carboxylic acids is 1. The summed E-state index contributed by atoms with van der Waals surface area (Å²) in [5, 5.41) is 9.40. The molecule has 4 heterocycles. The van der Waals surface area contributed by atoms with Crippen LogP contribution in [0.1, 0.15) is 41.8 Å². The van der Waals surface area contributed by atoms with E-state index in [1.807, 2.05) is 48.2 Å². The third kappa shape index (κ3) is 4.17. The fraction of sp³-hybridized carbons (Fsp3) is 0.357. The van der Waals surface area contributed by atoms with Crippen LogP contribution in [0.2, 0.25) is 0 Å². The fourth-order valence-corrected chi connectivity index (χ4v) is 5.33. The molecule has 8 heteroatoms. The Morgan fingerprint density at radius 3 is 2.47 bits per heavy atom. The number of likely N-dealkylation sites (tertiary alicyclic amines) is 1. The Kier molecular flexibility index (Phi) is 6.12. The average molecular weight is 486 g/mol. The number of amides is 1. The highest BCUT2D eigenvalue weighted by Crippen LogP contribution is 2.23. The largest absolute Gasteiger partial charge is 0.497 e. The molecule has 8 nitrogen and oxygen atoms in total. The molecule has 1 fully saturated rings. The fourth-order valence-electron chi connectivity index (χ4n) is 5.33. The number of carbonyl (C=O) groups is 1. The van der Waals surface area contributed by atoms with E-state index in [-0.39, 0.29) is 22.5 Å². The molecular weight excluding hydrogens is 454 g/mol. The first-order chi connectivity index (χ1) is 17.3. The molecule has 4 aromatic rings. The van der Waals surface area contributed by atoms with E-state index in [9.17, 15) is 9.59 Å². The maximum atomic E-state index is 13.7. The summed E-state index contributed by atoms with van der Waals surface area (Å²) in [4.78, 5) is 34.0. The van der Waals surface area contributed by atoms with E-state index in [1.54, 1.807) is 23.9 Å². The Hall–Kier alpha value is -3.94.